The Morgan fingerprint density at radius 3 is 2.54 bits per heavy atom. The van der Waals surface area contributed by atoms with Crippen molar-refractivity contribution in [1.82, 2.24) is 5.32 Å². The first-order valence-electron chi connectivity index (χ1n) is 4.77. The predicted octanol–water partition coefficient (Wildman–Crippen LogP) is 1.23. The van der Waals surface area contributed by atoms with Gasteiger partial charge in [-0.05, 0) is 19.2 Å². The molecule has 0 aliphatic rings. The number of hydrogen-bond donors (Lipinski definition) is 2. The average Bonchev–Trinajstić information content (AvgIpc) is 2.18. The van der Waals surface area contributed by atoms with Crippen LogP contribution in [0.2, 0.25) is 0 Å². The van der Waals surface area contributed by atoms with Gasteiger partial charge in [0.05, 0.1) is 0 Å². The maximum atomic E-state index is 10.9. The number of carbonyl (C=O) groups excluding carboxylic acids is 1. The van der Waals surface area contributed by atoms with Crippen molar-refractivity contribution < 1.29 is 4.79 Å². The Morgan fingerprint density at radius 1 is 1.46 bits per heavy atom. The van der Waals surface area contributed by atoms with E-state index >= 15 is 0 Å². The molecule has 0 spiro atoms. The normalized spacial score (nSPS) is 8.62. The molecule has 3 N–H and O–H groups in total. The van der Waals surface area contributed by atoms with Crippen molar-refractivity contribution >= 4 is 17.7 Å². The fourth-order valence-electron chi connectivity index (χ4n) is 0.613. The SMILES string of the molecule is CC.CSCCC(=O)NCCCN. The van der Waals surface area contributed by atoms with Crippen LogP contribution in [-0.2, 0) is 4.79 Å². The maximum Gasteiger partial charge on any atom is 0.220 e. The van der Waals surface area contributed by atoms with Crippen molar-refractivity contribution in [2.24, 2.45) is 5.73 Å². The van der Waals surface area contributed by atoms with E-state index in [-0.39, 0.29) is 5.91 Å². The van der Waals surface area contributed by atoms with E-state index in [0.29, 0.717) is 19.5 Å². The molecular weight excluding hydrogens is 184 g/mol. The van der Waals surface area contributed by atoms with Crippen LogP contribution in [0.1, 0.15) is 26.7 Å². The van der Waals surface area contributed by atoms with E-state index in [4.69, 9.17) is 5.73 Å². The van der Waals surface area contributed by atoms with E-state index in [1.54, 1.807) is 11.8 Å². The van der Waals surface area contributed by atoms with E-state index in [2.05, 4.69) is 5.32 Å². The van der Waals surface area contributed by atoms with Crippen molar-refractivity contribution in [3.8, 4) is 0 Å². The van der Waals surface area contributed by atoms with E-state index in [9.17, 15) is 4.79 Å². The van der Waals surface area contributed by atoms with Gasteiger partial charge in [0.2, 0.25) is 5.91 Å². The van der Waals surface area contributed by atoms with E-state index < -0.39 is 0 Å². The zero-order chi connectivity index (χ0) is 10.5. The Hall–Kier alpha value is -0.220. The van der Waals surface area contributed by atoms with Crippen LogP contribution in [0, 0.1) is 0 Å². The Balaban J connectivity index is 0. The molecular formula is C9H22N2OS. The summed E-state index contributed by atoms with van der Waals surface area (Å²) in [7, 11) is 0. The first-order chi connectivity index (χ1) is 6.31. The van der Waals surface area contributed by atoms with Crippen molar-refractivity contribution in [3.63, 3.8) is 0 Å². The van der Waals surface area contributed by atoms with Gasteiger partial charge in [0.1, 0.15) is 0 Å². The number of thioether (sulfide) groups is 1. The molecule has 0 aromatic rings. The van der Waals surface area contributed by atoms with Gasteiger partial charge >= 0.3 is 0 Å². The molecule has 3 nitrogen and oxygen atoms in total. The molecule has 0 atom stereocenters. The molecule has 13 heavy (non-hydrogen) atoms. The minimum atomic E-state index is 0.132. The van der Waals surface area contributed by atoms with E-state index in [0.717, 1.165) is 12.2 Å². The molecule has 0 aliphatic carbocycles. The van der Waals surface area contributed by atoms with Crippen molar-refractivity contribution in [1.29, 1.82) is 0 Å². The average molecular weight is 206 g/mol. The predicted molar refractivity (Wildman–Crippen MR) is 61.0 cm³/mol. The van der Waals surface area contributed by atoms with Crippen LogP contribution in [0.25, 0.3) is 0 Å². The molecule has 1 amide bonds. The van der Waals surface area contributed by atoms with E-state index in [1.807, 2.05) is 20.1 Å². The molecule has 0 rings (SSSR count). The lowest BCUT2D eigenvalue weighted by Gasteiger charge is -2.01. The summed E-state index contributed by atoms with van der Waals surface area (Å²) in [6.45, 7) is 5.35. The highest BCUT2D eigenvalue weighted by atomic mass is 32.2. The third-order valence-corrected chi connectivity index (χ3v) is 1.85. The molecule has 0 saturated heterocycles. The van der Waals surface area contributed by atoms with Gasteiger partial charge in [-0.3, -0.25) is 4.79 Å². The summed E-state index contributed by atoms with van der Waals surface area (Å²) < 4.78 is 0. The molecule has 0 saturated carbocycles. The van der Waals surface area contributed by atoms with Gasteiger partial charge in [-0.2, -0.15) is 11.8 Å². The summed E-state index contributed by atoms with van der Waals surface area (Å²) in [5, 5.41) is 2.79. The number of carbonyl (C=O) groups is 1. The summed E-state index contributed by atoms with van der Waals surface area (Å²) in [5.41, 5.74) is 5.26. The second kappa shape index (κ2) is 14.3. The lowest BCUT2D eigenvalue weighted by molar-refractivity contribution is -0.120. The van der Waals surface area contributed by atoms with Crippen LogP contribution in [-0.4, -0.2) is 31.0 Å². The number of nitrogens with two attached hydrogens (primary N) is 1. The first kappa shape index (κ1) is 15.3. The Labute approximate surface area is 85.8 Å². The zero-order valence-electron chi connectivity index (χ0n) is 8.93. The third kappa shape index (κ3) is 14.6. The highest BCUT2D eigenvalue weighted by Crippen LogP contribution is 1.94. The summed E-state index contributed by atoms with van der Waals surface area (Å²) >= 11 is 1.68. The van der Waals surface area contributed by atoms with Gasteiger partial charge in [0.15, 0.2) is 0 Å². The monoisotopic (exact) mass is 206 g/mol. The number of amides is 1. The maximum absolute atomic E-state index is 10.9. The smallest absolute Gasteiger partial charge is 0.220 e. The standard InChI is InChI=1S/C7H16N2OS.C2H6/c1-11-6-3-7(10)9-5-2-4-8;1-2/h2-6,8H2,1H3,(H,9,10);1-2H3. The Bertz CT molecular complexity index is 110. The van der Waals surface area contributed by atoms with Crippen molar-refractivity contribution in [3.05, 3.63) is 0 Å². The van der Waals surface area contributed by atoms with Crippen LogP contribution >= 0.6 is 11.8 Å². The van der Waals surface area contributed by atoms with Gasteiger partial charge in [-0.15, -0.1) is 0 Å². The highest BCUT2D eigenvalue weighted by Gasteiger charge is 1.97. The molecule has 80 valence electrons. The van der Waals surface area contributed by atoms with Crippen LogP contribution in [0.4, 0.5) is 0 Å². The van der Waals surface area contributed by atoms with Gasteiger partial charge in [0, 0.05) is 18.7 Å². The number of hydrogen-bond acceptors (Lipinski definition) is 3. The Morgan fingerprint density at radius 2 is 2.08 bits per heavy atom. The van der Waals surface area contributed by atoms with Gasteiger partial charge < -0.3 is 11.1 Å². The minimum Gasteiger partial charge on any atom is -0.356 e. The van der Waals surface area contributed by atoms with Crippen LogP contribution in [0.15, 0.2) is 0 Å². The molecule has 4 heteroatoms. The molecule has 0 fully saturated rings. The minimum absolute atomic E-state index is 0.132. The summed E-state index contributed by atoms with van der Waals surface area (Å²) in [6.07, 6.45) is 3.48. The quantitative estimate of drug-likeness (QED) is 0.643. The lowest BCUT2D eigenvalue weighted by atomic mass is 10.4. The summed E-state index contributed by atoms with van der Waals surface area (Å²) in [5.74, 6) is 1.03. The Kier molecular flexibility index (Phi) is 16.8. The topological polar surface area (TPSA) is 55.1 Å². The van der Waals surface area contributed by atoms with Gasteiger partial charge in [0.25, 0.3) is 0 Å². The molecule has 0 aliphatic heterocycles. The molecule has 0 radical (unpaired) electrons. The van der Waals surface area contributed by atoms with Gasteiger partial charge in [-0.1, -0.05) is 13.8 Å². The summed E-state index contributed by atoms with van der Waals surface area (Å²) in [6, 6.07) is 0. The summed E-state index contributed by atoms with van der Waals surface area (Å²) in [4.78, 5) is 10.9. The zero-order valence-corrected chi connectivity index (χ0v) is 9.75. The van der Waals surface area contributed by atoms with Crippen LogP contribution in [0.5, 0.6) is 0 Å². The fourth-order valence-corrected chi connectivity index (χ4v) is 1.00. The van der Waals surface area contributed by atoms with E-state index in [1.165, 1.54) is 0 Å². The van der Waals surface area contributed by atoms with Crippen molar-refractivity contribution in [2.75, 3.05) is 25.1 Å². The van der Waals surface area contributed by atoms with Crippen LogP contribution in [0.3, 0.4) is 0 Å². The second-order valence-corrected chi connectivity index (χ2v) is 3.22. The molecule has 0 heterocycles. The first-order valence-corrected chi connectivity index (χ1v) is 6.16. The molecule has 0 aromatic heterocycles. The number of nitrogens with one attached hydrogen (secondary N) is 1. The van der Waals surface area contributed by atoms with Crippen molar-refractivity contribution in [2.45, 2.75) is 26.7 Å². The largest absolute Gasteiger partial charge is 0.356 e. The molecule has 0 bridgehead atoms. The number of rotatable bonds is 6. The molecule has 0 unspecified atom stereocenters. The lowest BCUT2D eigenvalue weighted by Crippen LogP contribution is -2.26. The second-order valence-electron chi connectivity index (χ2n) is 2.23. The highest BCUT2D eigenvalue weighted by molar-refractivity contribution is 7.98. The van der Waals surface area contributed by atoms with Crippen LogP contribution < -0.4 is 11.1 Å². The fraction of sp³-hybridized carbons (Fsp3) is 0.889. The van der Waals surface area contributed by atoms with Gasteiger partial charge in [-0.25, -0.2) is 0 Å². The third-order valence-electron chi connectivity index (χ3n) is 1.24. The molecule has 0 aromatic carbocycles.